The van der Waals surface area contributed by atoms with Gasteiger partial charge in [-0.1, -0.05) is 6.42 Å². The average molecular weight is 276 g/mol. The third-order valence-electron chi connectivity index (χ3n) is 4.72. The Bertz CT molecular complexity index is 560. The van der Waals surface area contributed by atoms with Gasteiger partial charge in [-0.05, 0) is 46.1 Å². The van der Waals surface area contributed by atoms with Gasteiger partial charge in [0.1, 0.15) is 0 Å². The monoisotopic (exact) mass is 276 g/mol. The summed E-state index contributed by atoms with van der Waals surface area (Å²) in [7, 11) is 0. The Labute approximate surface area is 120 Å². The van der Waals surface area contributed by atoms with Crippen LogP contribution in [0.5, 0.6) is 5.75 Å². The summed E-state index contributed by atoms with van der Waals surface area (Å²) >= 11 is 0. The summed E-state index contributed by atoms with van der Waals surface area (Å²) in [5.41, 5.74) is 1.57. The highest BCUT2D eigenvalue weighted by Crippen LogP contribution is 2.38. The van der Waals surface area contributed by atoms with E-state index in [1.54, 1.807) is 6.07 Å². The number of nitrogens with zero attached hydrogens (tertiary/aromatic N) is 2. The van der Waals surface area contributed by atoms with E-state index in [-0.39, 0.29) is 11.2 Å². The number of piperidine rings is 1. The zero-order chi connectivity index (χ0) is 14.3. The molecule has 20 heavy (non-hydrogen) atoms. The van der Waals surface area contributed by atoms with Gasteiger partial charge in [-0.2, -0.15) is 0 Å². The molecule has 3 rings (SSSR count). The Balaban J connectivity index is 1.96. The third-order valence-corrected chi connectivity index (χ3v) is 4.72. The largest absolute Gasteiger partial charge is 0.503 e. The Hall–Kier alpha value is -1.29. The SMILES string of the molecule is Cc1cc(=O)c(O)c(CN2CCCCC2C)n1C1CC1. The van der Waals surface area contributed by atoms with Gasteiger partial charge < -0.3 is 9.67 Å². The lowest BCUT2D eigenvalue weighted by Crippen LogP contribution is -2.38. The van der Waals surface area contributed by atoms with Gasteiger partial charge in [-0.25, -0.2) is 0 Å². The van der Waals surface area contributed by atoms with Gasteiger partial charge in [0.05, 0.1) is 5.69 Å². The minimum atomic E-state index is -0.237. The quantitative estimate of drug-likeness (QED) is 0.923. The van der Waals surface area contributed by atoms with E-state index in [1.807, 2.05) is 6.92 Å². The first-order valence-corrected chi connectivity index (χ1v) is 7.76. The fourth-order valence-electron chi connectivity index (χ4n) is 3.37. The summed E-state index contributed by atoms with van der Waals surface area (Å²) in [5, 5.41) is 10.2. The maximum Gasteiger partial charge on any atom is 0.223 e. The Morgan fingerprint density at radius 3 is 2.70 bits per heavy atom. The minimum absolute atomic E-state index is 0.0414. The van der Waals surface area contributed by atoms with Crippen molar-refractivity contribution in [3.05, 3.63) is 27.7 Å². The van der Waals surface area contributed by atoms with Crippen molar-refractivity contribution < 1.29 is 5.11 Å². The van der Waals surface area contributed by atoms with Crippen molar-refractivity contribution in [1.29, 1.82) is 0 Å². The fraction of sp³-hybridized carbons (Fsp3) is 0.688. The average Bonchev–Trinajstić information content (AvgIpc) is 3.22. The van der Waals surface area contributed by atoms with Gasteiger partial charge >= 0.3 is 0 Å². The molecule has 1 N–H and O–H groups in total. The van der Waals surface area contributed by atoms with Crippen LogP contribution < -0.4 is 5.43 Å². The predicted octanol–water partition coefficient (Wildman–Crippen LogP) is 2.57. The van der Waals surface area contributed by atoms with E-state index in [1.165, 1.54) is 19.3 Å². The second-order valence-corrected chi connectivity index (χ2v) is 6.36. The molecule has 1 aliphatic heterocycles. The van der Waals surface area contributed by atoms with Crippen LogP contribution in [-0.4, -0.2) is 27.2 Å². The molecule has 1 aromatic rings. The van der Waals surface area contributed by atoms with Gasteiger partial charge in [0.2, 0.25) is 5.43 Å². The zero-order valence-corrected chi connectivity index (χ0v) is 12.4. The summed E-state index contributed by atoms with van der Waals surface area (Å²) in [6.45, 7) is 5.97. The van der Waals surface area contributed by atoms with Crippen molar-refractivity contribution >= 4 is 0 Å². The highest BCUT2D eigenvalue weighted by molar-refractivity contribution is 5.31. The molecule has 1 saturated heterocycles. The first-order valence-electron chi connectivity index (χ1n) is 7.76. The summed E-state index contributed by atoms with van der Waals surface area (Å²) in [6, 6.07) is 2.58. The molecule has 4 heteroatoms. The molecule has 0 spiro atoms. The van der Waals surface area contributed by atoms with E-state index in [4.69, 9.17) is 0 Å². The molecule has 1 atom stereocenters. The Morgan fingerprint density at radius 2 is 2.05 bits per heavy atom. The first kappa shape index (κ1) is 13.7. The van der Waals surface area contributed by atoms with Crippen molar-refractivity contribution in [2.45, 2.75) is 64.6 Å². The molecule has 2 heterocycles. The number of hydrogen-bond acceptors (Lipinski definition) is 3. The molecule has 1 unspecified atom stereocenters. The number of aromatic nitrogens is 1. The van der Waals surface area contributed by atoms with Crippen LogP contribution in [0.3, 0.4) is 0 Å². The lowest BCUT2D eigenvalue weighted by molar-refractivity contribution is 0.146. The van der Waals surface area contributed by atoms with Crippen LogP contribution in [-0.2, 0) is 6.54 Å². The smallest absolute Gasteiger partial charge is 0.223 e. The Kier molecular flexibility index (Phi) is 3.59. The lowest BCUT2D eigenvalue weighted by atomic mass is 10.0. The minimum Gasteiger partial charge on any atom is -0.503 e. The Morgan fingerprint density at radius 1 is 1.30 bits per heavy atom. The van der Waals surface area contributed by atoms with Gasteiger partial charge in [-0.3, -0.25) is 9.69 Å². The summed E-state index contributed by atoms with van der Waals surface area (Å²) in [4.78, 5) is 14.3. The summed E-state index contributed by atoms with van der Waals surface area (Å²) in [5.74, 6) is -0.0414. The van der Waals surface area contributed by atoms with E-state index in [0.29, 0.717) is 18.6 Å². The second kappa shape index (κ2) is 5.24. The fourth-order valence-corrected chi connectivity index (χ4v) is 3.37. The van der Waals surface area contributed by atoms with Crippen molar-refractivity contribution in [2.75, 3.05) is 6.54 Å². The van der Waals surface area contributed by atoms with Crippen molar-refractivity contribution in [3.8, 4) is 5.75 Å². The molecule has 2 fully saturated rings. The molecular formula is C16H24N2O2. The molecule has 1 saturated carbocycles. The number of pyridine rings is 1. The zero-order valence-electron chi connectivity index (χ0n) is 12.4. The molecule has 0 aromatic carbocycles. The number of likely N-dealkylation sites (tertiary alicyclic amines) is 1. The molecule has 0 radical (unpaired) electrons. The van der Waals surface area contributed by atoms with Crippen molar-refractivity contribution in [1.82, 2.24) is 9.47 Å². The predicted molar refractivity (Wildman–Crippen MR) is 79.1 cm³/mol. The topological polar surface area (TPSA) is 45.5 Å². The van der Waals surface area contributed by atoms with Crippen LogP contribution in [0.1, 0.15) is 56.5 Å². The molecule has 0 bridgehead atoms. The number of hydrogen-bond donors (Lipinski definition) is 1. The number of aryl methyl sites for hydroxylation is 1. The first-order chi connectivity index (χ1) is 9.58. The third kappa shape index (κ3) is 2.49. The van der Waals surface area contributed by atoms with E-state index in [2.05, 4.69) is 16.4 Å². The van der Waals surface area contributed by atoms with Gasteiger partial charge in [0, 0.05) is 30.4 Å². The maximum absolute atomic E-state index is 11.9. The number of aromatic hydroxyl groups is 1. The van der Waals surface area contributed by atoms with Crippen LogP contribution in [0.2, 0.25) is 0 Å². The van der Waals surface area contributed by atoms with Gasteiger partial charge in [0.15, 0.2) is 5.75 Å². The highest BCUT2D eigenvalue weighted by Gasteiger charge is 2.30. The molecule has 4 nitrogen and oxygen atoms in total. The molecule has 1 aromatic heterocycles. The molecule has 2 aliphatic rings. The molecule has 0 amide bonds. The van der Waals surface area contributed by atoms with Crippen LogP contribution in [0.15, 0.2) is 10.9 Å². The van der Waals surface area contributed by atoms with E-state index in [0.717, 1.165) is 30.8 Å². The van der Waals surface area contributed by atoms with Crippen LogP contribution in [0.4, 0.5) is 0 Å². The lowest BCUT2D eigenvalue weighted by Gasteiger charge is -2.34. The van der Waals surface area contributed by atoms with Gasteiger partial charge in [-0.15, -0.1) is 0 Å². The van der Waals surface area contributed by atoms with Crippen LogP contribution in [0, 0.1) is 6.92 Å². The van der Waals surface area contributed by atoms with Crippen molar-refractivity contribution in [3.63, 3.8) is 0 Å². The van der Waals surface area contributed by atoms with Gasteiger partial charge in [0.25, 0.3) is 0 Å². The maximum atomic E-state index is 11.9. The standard InChI is InChI=1S/C16H24N2O2/c1-11-5-3-4-8-17(11)10-14-16(20)15(19)9-12(2)18(14)13-6-7-13/h9,11,13,20H,3-8,10H2,1-2H3. The highest BCUT2D eigenvalue weighted by atomic mass is 16.3. The van der Waals surface area contributed by atoms with Crippen LogP contribution >= 0.6 is 0 Å². The normalized spacial score (nSPS) is 24.0. The van der Waals surface area contributed by atoms with E-state index >= 15 is 0 Å². The van der Waals surface area contributed by atoms with E-state index < -0.39 is 0 Å². The molecule has 110 valence electrons. The van der Waals surface area contributed by atoms with Crippen molar-refractivity contribution in [2.24, 2.45) is 0 Å². The molecule has 1 aliphatic carbocycles. The van der Waals surface area contributed by atoms with E-state index in [9.17, 15) is 9.90 Å². The number of rotatable bonds is 3. The molecular weight excluding hydrogens is 252 g/mol. The second-order valence-electron chi connectivity index (χ2n) is 6.36. The summed E-state index contributed by atoms with van der Waals surface area (Å²) < 4.78 is 2.19. The summed E-state index contributed by atoms with van der Waals surface area (Å²) in [6.07, 6.45) is 6.02. The van der Waals surface area contributed by atoms with Crippen LogP contribution in [0.25, 0.3) is 0 Å².